The summed E-state index contributed by atoms with van der Waals surface area (Å²) in [5, 5.41) is 3.02. The van der Waals surface area contributed by atoms with Gasteiger partial charge in [-0.2, -0.15) is 11.8 Å². The molecule has 0 unspecified atom stereocenters. The number of thioether (sulfide) groups is 1. The molecule has 1 aromatic carbocycles. The van der Waals surface area contributed by atoms with E-state index in [1.807, 2.05) is 34.9 Å². The number of nitrogens with one attached hydrogen (secondary N) is 1. The molecular weight excluding hydrogens is 296 g/mol. The first-order valence-corrected chi connectivity index (χ1v) is 9.26. The van der Waals surface area contributed by atoms with Gasteiger partial charge in [-0.25, -0.2) is 4.79 Å². The molecule has 22 heavy (non-hydrogen) atoms. The molecule has 0 bridgehead atoms. The molecule has 1 aliphatic heterocycles. The van der Waals surface area contributed by atoms with Crippen LogP contribution in [0, 0.1) is 0 Å². The van der Waals surface area contributed by atoms with E-state index >= 15 is 0 Å². The maximum Gasteiger partial charge on any atom is 0.317 e. The Morgan fingerprint density at radius 3 is 2.86 bits per heavy atom. The van der Waals surface area contributed by atoms with E-state index in [1.165, 1.54) is 0 Å². The minimum Gasteiger partial charge on any atom is -0.367 e. The normalized spacial score (nSPS) is 21.6. The Balaban J connectivity index is 1.86. The van der Waals surface area contributed by atoms with Crippen LogP contribution in [0.5, 0.6) is 0 Å². The van der Waals surface area contributed by atoms with E-state index in [2.05, 4.69) is 30.6 Å². The lowest BCUT2D eigenvalue weighted by molar-refractivity contribution is -0.0906. The van der Waals surface area contributed by atoms with Crippen LogP contribution in [0.2, 0.25) is 0 Å². The highest BCUT2D eigenvalue weighted by Crippen LogP contribution is 2.29. The van der Waals surface area contributed by atoms with Gasteiger partial charge in [-0.05, 0) is 37.3 Å². The Kier molecular flexibility index (Phi) is 6.58. The van der Waals surface area contributed by atoms with E-state index in [-0.39, 0.29) is 6.03 Å². The Morgan fingerprint density at radius 1 is 1.36 bits per heavy atom. The summed E-state index contributed by atoms with van der Waals surface area (Å²) in [6.07, 6.45) is 4.29. The lowest BCUT2D eigenvalue weighted by Crippen LogP contribution is -2.53. The number of ether oxygens (including phenoxy) is 1. The minimum absolute atomic E-state index is 0.0228. The molecule has 1 aliphatic rings. The van der Waals surface area contributed by atoms with Crippen molar-refractivity contribution in [2.45, 2.75) is 25.4 Å². The molecule has 4 nitrogen and oxygen atoms in total. The van der Waals surface area contributed by atoms with Crippen LogP contribution in [-0.4, -0.2) is 49.2 Å². The van der Waals surface area contributed by atoms with Gasteiger partial charge >= 0.3 is 6.03 Å². The van der Waals surface area contributed by atoms with Crippen LogP contribution in [0.3, 0.4) is 0 Å². The largest absolute Gasteiger partial charge is 0.367 e. The average molecular weight is 322 g/mol. The summed E-state index contributed by atoms with van der Waals surface area (Å²) >= 11 is 1.85. The lowest BCUT2D eigenvalue weighted by atomic mass is 9.94. The molecule has 1 saturated heterocycles. The first-order chi connectivity index (χ1) is 10.7. The Morgan fingerprint density at radius 2 is 2.14 bits per heavy atom. The average Bonchev–Trinajstić information content (AvgIpc) is 2.55. The third-order valence-electron chi connectivity index (χ3n) is 4.00. The quantitative estimate of drug-likeness (QED) is 0.818. The molecule has 2 amide bonds. The van der Waals surface area contributed by atoms with Crippen LogP contribution in [0.15, 0.2) is 30.3 Å². The summed E-state index contributed by atoms with van der Waals surface area (Å²) in [4.78, 5) is 14.2. The molecule has 0 radical (unpaired) electrons. The highest BCUT2D eigenvalue weighted by Gasteiger charge is 2.35. The molecule has 1 atom stereocenters. The van der Waals surface area contributed by atoms with Gasteiger partial charge < -0.3 is 15.0 Å². The number of urea groups is 1. The second kappa shape index (κ2) is 8.44. The van der Waals surface area contributed by atoms with Gasteiger partial charge in [0, 0.05) is 13.1 Å². The van der Waals surface area contributed by atoms with E-state index in [1.54, 1.807) is 0 Å². The standard InChI is InChI=1S/C17H26N2O2S/c1-17(15-8-4-3-5-9-15)14-19(11-12-21-17)16(20)18-10-6-7-13-22-2/h3-5,8-9H,6-7,10-14H2,1-2H3,(H,18,20)/t17-/m0/s1. The van der Waals surface area contributed by atoms with Crippen molar-refractivity contribution in [2.24, 2.45) is 0 Å². The topological polar surface area (TPSA) is 41.6 Å². The van der Waals surface area contributed by atoms with Gasteiger partial charge in [-0.3, -0.25) is 0 Å². The van der Waals surface area contributed by atoms with Crippen LogP contribution in [0.1, 0.15) is 25.3 Å². The highest BCUT2D eigenvalue weighted by atomic mass is 32.2. The third kappa shape index (κ3) is 4.65. The molecule has 2 rings (SSSR count). The van der Waals surface area contributed by atoms with Crippen molar-refractivity contribution in [3.63, 3.8) is 0 Å². The van der Waals surface area contributed by atoms with E-state index in [0.717, 1.165) is 30.7 Å². The number of amides is 2. The fourth-order valence-corrected chi connectivity index (χ4v) is 3.18. The molecule has 0 aliphatic carbocycles. The molecule has 1 aromatic rings. The molecule has 1 heterocycles. The Hall–Kier alpha value is -1.20. The van der Waals surface area contributed by atoms with E-state index in [9.17, 15) is 4.79 Å². The van der Waals surface area contributed by atoms with E-state index in [4.69, 9.17) is 4.74 Å². The number of benzene rings is 1. The second-order valence-electron chi connectivity index (χ2n) is 5.80. The van der Waals surface area contributed by atoms with Gasteiger partial charge in [-0.1, -0.05) is 30.3 Å². The summed E-state index contributed by atoms with van der Waals surface area (Å²) in [7, 11) is 0. The van der Waals surface area contributed by atoms with Crippen LogP contribution in [-0.2, 0) is 10.3 Å². The summed E-state index contributed by atoms with van der Waals surface area (Å²) in [6.45, 7) is 4.62. The van der Waals surface area contributed by atoms with Crippen molar-refractivity contribution >= 4 is 17.8 Å². The number of carbonyl (C=O) groups is 1. The number of hydrogen-bond acceptors (Lipinski definition) is 3. The molecule has 0 saturated carbocycles. The van der Waals surface area contributed by atoms with Gasteiger partial charge in [0.05, 0.1) is 13.2 Å². The zero-order valence-electron chi connectivity index (χ0n) is 13.5. The fourth-order valence-electron chi connectivity index (χ4n) is 2.69. The zero-order valence-corrected chi connectivity index (χ0v) is 14.3. The van der Waals surface area contributed by atoms with Crippen molar-refractivity contribution in [1.82, 2.24) is 10.2 Å². The second-order valence-corrected chi connectivity index (χ2v) is 6.78. The number of hydrogen-bond donors (Lipinski definition) is 1. The predicted molar refractivity (Wildman–Crippen MR) is 92.3 cm³/mol. The van der Waals surface area contributed by atoms with Crippen molar-refractivity contribution in [3.8, 4) is 0 Å². The molecule has 5 heteroatoms. The third-order valence-corrected chi connectivity index (χ3v) is 4.69. The molecule has 0 aromatic heterocycles. The molecule has 1 fully saturated rings. The maximum absolute atomic E-state index is 12.3. The SMILES string of the molecule is CSCCCCNC(=O)N1CCO[C@](C)(c2ccccc2)C1. The monoisotopic (exact) mass is 322 g/mol. The van der Waals surface area contributed by atoms with Crippen molar-refractivity contribution in [3.05, 3.63) is 35.9 Å². The molecule has 1 N–H and O–H groups in total. The lowest BCUT2D eigenvalue weighted by Gasteiger charge is -2.40. The highest BCUT2D eigenvalue weighted by molar-refractivity contribution is 7.98. The smallest absolute Gasteiger partial charge is 0.317 e. The molecular formula is C17H26N2O2S. The first-order valence-electron chi connectivity index (χ1n) is 7.87. The van der Waals surface area contributed by atoms with Crippen LogP contribution >= 0.6 is 11.8 Å². The summed E-state index contributed by atoms with van der Waals surface area (Å²) in [5.41, 5.74) is 0.697. The summed E-state index contributed by atoms with van der Waals surface area (Å²) in [5.74, 6) is 1.15. The molecule has 122 valence electrons. The summed E-state index contributed by atoms with van der Waals surface area (Å²) in [6, 6.07) is 10.2. The minimum atomic E-state index is -0.421. The van der Waals surface area contributed by atoms with Gasteiger partial charge in [0.25, 0.3) is 0 Å². The number of morpholine rings is 1. The first kappa shape index (κ1) is 17.2. The van der Waals surface area contributed by atoms with Crippen molar-refractivity contribution in [2.75, 3.05) is 38.2 Å². The number of rotatable bonds is 6. The van der Waals surface area contributed by atoms with E-state index < -0.39 is 5.60 Å². The zero-order chi connectivity index (χ0) is 15.8. The number of nitrogens with zero attached hydrogens (tertiary/aromatic N) is 1. The van der Waals surface area contributed by atoms with Crippen molar-refractivity contribution in [1.29, 1.82) is 0 Å². The van der Waals surface area contributed by atoms with Crippen LogP contribution in [0.4, 0.5) is 4.79 Å². The number of unbranched alkanes of at least 4 members (excludes halogenated alkanes) is 1. The maximum atomic E-state index is 12.3. The van der Waals surface area contributed by atoms with Gasteiger partial charge in [0.2, 0.25) is 0 Å². The predicted octanol–water partition coefficient (Wildman–Crippen LogP) is 3.09. The molecule has 0 spiro atoms. The number of carbonyl (C=O) groups excluding carboxylic acids is 1. The van der Waals surface area contributed by atoms with Crippen LogP contribution in [0.25, 0.3) is 0 Å². The van der Waals surface area contributed by atoms with Gasteiger partial charge in [0.1, 0.15) is 5.60 Å². The van der Waals surface area contributed by atoms with Crippen molar-refractivity contribution < 1.29 is 9.53 Å². The Labute approximate surface area is 137 Å². The Bertz CT molecular complexity index is 469. The van der Waals surface area contributed by atoms with E-state index in [0.29, 0.717) is 19.7 Å². The fraction of sp³-hybridized carbons (Fsp3) is 0.588. The van der Waals surface area contributed by atoms with Crippen LogP contribution < -0.4 is 5.32 Å². The van der Waals surface area contributed by atoms with Gasteiger partial charge in [0.15, 0.2) is 0 Å². The summed E-state index contributed by atoms with van der Waals surface area (Å²) < 4.78 is 5.97. The van der Waals surface area contributed by atoms with Gasteiger partial charge in [-0.15, -0.1) is 0 Å².